The van der Waals surface area contributed by atoms with Gasteiger partial charge in [-0.2, -0.15) is 0 Å². The molecule has 0 saturated carbocycles. The molecule has 0 unspecified atom stereocenters. The summed E-state index contributed by atoms with van der Waals surface area (Å²) in [6, 6.07) is 9.60. The Morgan fingerprint density at radius 2 is 2.10 bits per heavy atom. The van der Waals surface area contributed by atoms with E-state index in [-0.39, 0.29) is 6.61 Å². The van der Waals surface area contributed by atoms with Crippen molar-refractivity contribution in [2.45, 2.75) is 20.5 Å². The second-order valence-corrected chi connectivity index (χ2v) is 5.76. The SMILES string of the molecule is Cc1nc(C)c(C=CCNC(=O)OCc2ccccc2)s1. The lowest BCUT2D eigenvalue weighted by molar-refractivity contribution is 0.141. The fraction of sp³-hybridized carbons (Fsp3) is 0.250. The van der Waals surface area contributed by atoms with Gasteiger partial charge in [0, 0.05) is 11.4 Å². The Hall–Kier alpha value is -2.14. The van der Waals surface area contributed by atoms with Gasteiger partial charge in [-0.3, -0.25) is 0 Å². The van der Waals surface area contributed by atoms with Crippen molar-refractivity contribution in [2.24, 2.45) is 0 Å². The number of amides is 1. The zero-order valence-corrected chi connectivity index (χ0v) is 12.9. The minimum absolute atomic E-state index is 0.281. The van der Waals surface area contributed by atoms with E-state index in [0.29, 0.717) is 6.54 Å². The molecule has 0 aliphatic rings. The second-order valence-electron chi connectivity index (χ2n) is 4.53. The van der Waals surface area contributed by atoms with Gasteiger partial charge in [-0.05, 0) is 25.5 Å². The first kappa shape index (κ1) is 15.3. The number of alkyl carbamates (subject to hydrolysis) is 1. The van der Waals surface area contributed by atoms with E-state index in [4.69, 9.17) is 4.74 Å². The molecule has 2 aromatic rings. The van der Waals surface area contributed by atoms with Gasteiger partial charge >= 0.3 is 6.09 Å². The maximum Gasteiger partial charge on any atom is 0.407 e. The topological polar surface area (TPSA) is 51.2 Å². The quantitative estimate of drug-likeness (QED) is 0.916. The minimum atomic E-state index is -0.416. The summed E-state index contributed by atoms with van der Waals surface area (Å²) in [5.41, 5.74) is 1.99. The summed E-state index contributed by atoms with van der Waals surface area (Å²) in [5, 5.41) is 3.73. The van der Waals surface area contributed by atoms with Crippen LogP contribution in [-0.4, -0.2) is 17.6 Å². The summed E-state index contributed by atoms with van der Waals surface area (Å²) in [7, 11) is 0. The number of hydrogen-bond donors (Lipinski definition) is 1. The van der Waals surface area contributed by atoms with Crippen LogP contribution >= 0.6 is 11.3 Å². The molecule has 5 heteroatoms. The van der Waals surface area contributed by atoms with Crippen LogP contribution in [-0.2, 0) is 11.3 Å². The third kappa shape index (κ3) is 5.04. The van der Waals surface area contributed by atoms with Crippen LogP contribution in [0.25, 0.3) is 6.08 Å². The van der Waals surface area contributed by atoms with Gasteiger partial charge in [0.2, 0.25) is 0 Å². The number of benzene rings is 1. The van der Waals surface area contributed by atoms with Crippen LogP contribution in [0.15, 0.2) is 36.4 Å². The summed E-state index contributed by atoms with van der Waals surface area (Å²) in [4.78, 5) is 17.0. The van der Waals surface area contributed by atoms with Gasteiger partial charge in [-0.1, -0.05) is 36.4 Å². The molecular weight excluding hydrogens is 284 g/mol. The van der Waals surface area contributed by atoms with Gasteiger partial charge in [0.15, 0.2) is 0 Å². The van der Waals surface area contributed by atoms with Crippen molar-refractivity contribution >= 4 is 23.5 Å². The van der Waals surface area contributed by atoms with E-state index in [1.165, 1.54) is 0 Å². The number of carbonyl (C=O) groups excluding carboxylic acids is 1. The van der Waals surface area contributed by atoms with Gasteiger partial charge in [0.25, 0.3) is 0 Å². The lowest BCUT2D eigenvalue weighted by Gasteiger charge is -2.05. The predicted molar refractivity (Wildman–Crippen MR) is 85.3 cm³/mol. The fourth-order valence-electron chi connectivity index (χ4n) is 1.78. The number of nitrogens with one attached hydrogen (secondary N) is 1. The molecule has 1 amide bonds. The van der Waals surface area contributed by atoms with Gasteiger partial charge in [-0.15, -0.1) is 11.3 Å². The first-order valence-electron chi connectivity index (χ1n) is 6.70. The number of nitrogens with zero attached hydrogens (tertiary/aromatic N) is 1. The Balaban J connectivity index is 1.71. The van der Waals surface area contributed by atoms with Crippen molar-refractivity contribution in [3.8, 4) is 0 Å². The maximum absolute atomic E-state index is 11.5. The zero-order chi connectivity index (χ0) is 15.1. The molecule has 1 aromatic carbocycles. The Labute approximate surface area is 128 Å². The Kier molecular flexibility index (Phi) is 5.51. The average molecular weight is 302 g/mol. The number of hydrogen-bond acceptors (Lipinski definition) is 4. The summed E-state index contributed by atoms with van der Waals surface area (Å²) in [5.74, 6) is 0. The highest BCUT2D eigenvalue weighted by Gasteiger charge is 2.02. The van der Waals surface area contributed by atoms with E-state index in [2.05, 4.69) is 10.3 Å². The molecule has 1 heterocycles. The van der Waals surface area contributed by atoms with Crippen LogP contribution in [0.5, 0.6) is 0 Å². The first-order valence-corrected chi connectivity index (χ1v) is 7.52. The number of aromatic nitrogens is 1. The van der Waals surface area contributed by atoms with Crippen molar-refractivity contribution in [3.05, 3.63) is 57.6 Å². The van der Waals surface area contributed by atoms with Crippen molar-refractivity contribution in [1.29, 1.82) is 0 Å². The third-order valence-corrected chi connectivity index (χ3v) is 3.82. The van der Waals surface area contributed by atoms with Crippen LogP contribution in [0, 0.1) is 13.8 Å². The van der Waals surface area contributed by atoms with E-state index in [9.17, 15) is 4.79 Å². The molecule has 21 heavy (non-hydrogen) atoms. The van der Waals surface area contributed by atoms with E-state index in [1.54, 1.807) is 11.3 Å². The highest BCUT2D eigenvalue weighted by Crippen LogP contribution is 2.18. The molecule has 0 spiro atoms. The van der Waals surface area contributed by atoms with E-state index in [0.717, 1.165) is 21.1 Å². The van der Waals surface area contributed by atoms with Crippen LogP contribution < -0.4 is 5.32 Å². The van der Waals surface area contributed by atoms with Crippen molar-refractivity contribution in [1.82, 2.24) is 10.3 Å². The van der Waals surface area contributed by atoms with Crippen LogP contribution in [0.4, 0.5) is 4.79 Å². The van der Waals surface area contributed by atoms with Gasteiger partial charge in [-0.25, -0.2) is 9.78 Å². The van der Waals surface area contributed by atoms with Crippen molar-refractivity contribution in [3.63, 3.8) is 0 Å². The highest BCUT2D eigenvalue weighted by molar-refractivity contribution is 7.12. The largest absolute Gasteiger partial charge is 0.445 e. The Bertz CT molecular complexity index is 620. The van der Waals surface area contributed by atoms with E-state index >= 15 is 0 Å². The second kappa shape index (κ2) is 7.59. The number of aryl methyl sites for hydroxylation is 2. The normalized spacial score (nSPS) is 10.8. The number of rotatable bonds is 5. The van der Waals surface area contributed by atoms with Gasteiger partial charge in [0.05, 0.1) is 10.7 Å². The molecular formula is C16H18N2O2S. The standard InChI is InChI=1S/C16H18N2O2S/c1-12-15(21-13(2)18-12)9-6-10-17-16(19)20-11-14-7-4-3-5-8-14/h3-9H,10-11H2,1-2H3,(H,17,19). The maximum atomic E-state index is 11.5. The third-order valence-electron chi connectivity index (χ3n) is 2.79. The molecule has 0 aliphatic carbocycles. The lowest BCUT2D eigenvalue weighted by Crippen LogP contribution is -2.24. The summed E-state index contributed by atoms with van der Waals surface area (Å²) in [6.45, 7) is 4.67. The molecule has 0 fully saturated rings. The molecule has 0 radical (unpaired) electrons. The molecule has 0 aliphatic heterocycles. The molecule has 1 aromatic heterocycles. The van der Waals surface area contributed by atoms with Crippen LogP contribution in [0.3, 0.4) is 0 Å². The van der Waals surface area contributed by atoms with Crippen molar-refractivity contribution < 1.29 is 9.53 Å². The molecule has 0 atom stereocenters. The number of carbonyl (C=O) groups is 1. The Morgan fingerprint density at radius 3 is 2.76 bits per heavy atom. The summed E-state index contributed by atoms with van der Waals surface area (Å²) in [6.07, 6.45) is 3.45. The van der Waals surface area contributed by atoms with E-state index < -0.39 is 6.09 Å². The monoisotopic (exact) mass is 302 g/mol. The molecule has 110 valence electrons. The minimum Gasteiger partial charge on any atom is -0.445 e. The molecule has 0 bridgehead atoms. The number of thiazole rings is 1. The predicted octanol–water partition coefficient (Wildman–Crippen LogP) is 3.70. The molecule has 1 N–H and O–H groups in total. The smallest absolute Gasteiger partial charge is 0.407 e. The summed E-state index contributed by atoms with van der Waals surface area (Å²) >= 11 is 1.64. The van der Waals surface area contributed by atoms with Crippen molar-refractivity contribution in [2.75, 3.05) is 6.54 Å². The molecule has 0 saturated heterocycles. The average Bonchev–Trinajstić information content (AvgIpc) is 2.80. The number of ether oxygens (including phenoxy) is 1. The zero-order valence-electron chi connectivity index (χ0n) is 12.1. The first-order chi connectivity index (χ1) is 10.1. The summed E-state index contributed by atoms with van der Waals surface area (Å²) < 4.78 is 5.11. The van der Waals surface area contributed by atoms with Gasteiger partial charge in [0.1, 0.15) is 6.61 Å². The van der Waals surface area contributed by atoms with Crippen LogP contribution in [0.2, 0.25) is 0 Å². The fourth-order valence-corrected chi connectivity index (χ4v) is 2.64. The van der Waals surface area contributed by atoms with E-state index in [1.807, 2.05) is 56.3 Å². The molecule has 2 rings (SSSR count). The lowest BCUT2D eigenvalue weighted by atomic mass is 10.2. The Morgan fingerprint density at radius 1 is 1.33 bits per heavy atom. The van der Waals surface area contributed by atoms with Gasteiger partial charge < -0.3 is 10.1 Å². The molecule has 4 nitrogen and oxygen atoms in total. The highest BCUT2D eigenvalue weighted by atomic mass is 32.1. The van der Waals surface area contributed by atoms with Crippen LogP contribution in [0.1, 0.15) is 21.1 Å².